The fourth-order valence-electron chi connectivity index (χ4n) is 1.37. The van der Waals surface area contributed by atoms with Crippen LogP contribution in [0.25, 0.3) is 10.1 Å². The fraction of sp³-hybridized carbons (Fsp3) is 0.100. The molecule has 16 heavy (non-hydrogen) atoms. The van der Waals surface area contributed by atoms with Crippen LogP contribution in [0.2, 0.25) is 5.02 Å². The van der Waals surface area contributed by atoms with E-state index in [4.69, 9.17) is 21.5 Å². The highest BCUT2D eigenvalue weighted by molar-refractivity contribution is 7.21. The molecule has 1 aromatic carbocycles. The van der Waals surface area contributed by atoms with Crippen molar-refractivity contribution >= 4 is 38.9 Å². The van der Waals surface area contributed by atoms with Crippen LogP contribution in [0.3, 0.4) is 0 Å². The summed E-state index contributed by atoms with van der Waals surface area (Å²) >= 11 is 7.23. The molecule has 1 aromatic heterocycles. The number of amides is 1. The minimum absolute atomic E-state index is 0.285. The number of hydrogen-bond donors (Lipinski definition) is 2. The van der Waals surface area contributed by atoms with E-state index < -0.39 is 5.91 Å². The molecule has 2 N–H and O–H groups in total. The number of carbonyl (C=O) groups excluding carboxylic acids is 1. The molecule has 0 saturated heterocycles. The maximum atomic E-state index is 11.3. The van der Waals surface area contributed by atoms with Crippen molar-refractivity contribution in [2.45, 2.75) is 0 Å². The minimum atomic E-state index is -0.606. The molecule has 1 amide bonds. The summed E-state index contributed by atoms with van der Waals surface area (Å²) in [6.45, 7) is 0. The molecule has 4 nitrogen and oxygen atoms in total. The SMILES string of the molecule is COc1ccc2c(Cl)c(C(=O)NO)sc2c1. The molecule has 0 unspecified atom stereocenters. The first-order valence-electron chi connectivity index (χ1n) is 4.38. The van der Waals surface area contributed by atoms with Crippen molar-refractivity contribution in [3.8, 4) is 5.75 Å². The van der Waals surface area contributed by atoms with Gasteiger partial charge in [-0.05, 0) is 18.2 Å². The van der Waals surface area contributed by atoms with Crippen molar-refractivity contribution in [2.75, 3.05) is 7.11 Å². The molecule has 0 aliphatic carbocycles. The van der Waals surface area contributed by atoms with Crippen LogP contribution in [0, 0.1) is 0 Å². The molecule has 0 fully saturated rings. The van der Waals surface area contributed by atoms with Crippen LogP contribution in [-0.2, 0) is 0 Å². The lowest BCUT2D eigenvalue weighted by atomic mass is 10.2. The Morgan fingerprint density at radius 2 is 2.31 bits per heavy atom. The van der Waals surface area contributed by atoms with Crippen LogP contribution < -0.4 is 10.2 Å². The third-order valence-corrected chi connectivity index (χ3v) is 3.80. The average molecular weight is 258 g/mol. The number of hydroxylamine groups is 1. The van der Waals surface area contributed by atoms with E-state index in [0.29, 0.717) is 10.8 Å². The quantitative estimate of drug-likeness (QED) is 0.642. The third kappa shape index (κ3) is 1.73. The van der Waals surface area contributed by atoms with Gasteiger partial charge in [-0.1, -0.05) is 11.6 Å². The summed E-state index contributed by atoms with van der Waals surface area (Å²) in [5, 5.41) is 9.67. The lowest BCUT2D eigenvalue weighted by molar-refractivity contribution is 0.0711. The van der Waals surface area contributed by atoms with Gasteiger partial charge in [-0.2, -0.15) is 0 Å². The van der Waals surface area contributed by atoms with E-state index in [9.17, 15) is 4.79 Å². The molecule has 0 radical (unpaired) electrons. The van der Waals surface area contributed by atoms with Crippen molar-refractivity contribution in [3.05, 3.63) is 28.1 Å². The molecular formula is C10H8ClNO3S. The second kappa shape index (κ2) is 4.29. The predicted octanol–water partition coefficient (Wildman–Crippen LogP) is 2.68. The first-order chi connectivity index (χ1) is 7.67. The number of hydrogen-bond acceptors (Lipinski definition) is 4. The molecule has 84 valence electrons. The van der Waals surface area contributed by atoms with Crippen LogP contribution in [0.15, 0.2) is 18.2 Å². The molecule has 2 rings (SSSR count). The van der Waals surface area contributed by atoms with E-state index in [2.05, 4.69) is 0 Å². The Balaban J connectivity index is 2.63. The van der Waals surface area contributed by atoms with Crippen LogP contribution in [0.4, 0.5) is 0 Å². The fourth-order valence-corrected chi connectivity index (χ4v) is 2.80. The highest BCUT2D eigenvalue weighted by Crippen LogP contribution is 2.36. The van der Waals surface area contributed by atoms with Gasteiger partial charge in [-0.25, -0.2) is 5.48 Å². The van der Waals surface area contributed by atoms with Crippen molar-refractivity contribution < 1.29 is 14.7 Å². The molecule has 0 aliphatic rings. The third-order valence-electron chi connectivity index (χ3n) is 2.14. The van der Waals surface area contributed by atoms with Gasteiger partial charge >= 0.3 is 0 Å². The van der Waals surface area contributed by atoms with Crippen molar-refractivity contribution in [1.29, 1.82) is 0 Å². The van der Waals surface area contributed by atoms with E-state index in [1.165, 1.54) is 11.3 Å². The number of benzene rings is 1. The van der Waals surface area contributed by atoms with E-state index in [0.717, 1.165) is 10.1 Å². The van der Waals surface area contributed by atoms with E-state index >= 15 is 0 Å². The van der Waals surface area contributed by atoms with Gasteiger partial charge in [0, 0.05) is 10.1 Å². The summed E-state index contributed by atoms with van der Waals surface area (Å²) in [5.41, 5.74) is 1.57. The normalized spacial score (nSPS) is 10.4. The minimum Gasteiger partial charge on any atom is -0.497 e. The highest BCUT2D eigenvalue weighted by Gasteiger charge is 2.16. The van der Waals surface area contributed by atoms with E-state index in [-0.39, 0.29) is 4.88 Å². The second-order valence-electron chi connectivity index (χ2n) is 3.05. The first kappa shape index (κ1) is 11.2. The van der Waals surface area contributed by atoms with E-state index in [1.807, 2.05) is 0 Å². The van der Waals surface area contributed by atoms with Gasteiger partial charge in [0.25, 0.3) is 5.91 Å². The smallest absolute Gasteiger partial charge is 0.286 e. The number of nitrogens with one attached hydrogen (secondary N) is 1. The number of ether oxygens (including phenoxy) is 1. The largest absolute Gasteiger partial charge is 0.497 e. The summed E-state index contributed by atoms with van der Waals surface area (Å²) < 4.78 is 5.91. The number of fused-ring (bicyclic) bond motifs is 1. The number of rotatable bonds is 2. The average Bonchev–Trinajstić information content (AvgIpc) is 2.65. The summed E-state index contributed by atoms with van der Waals surface area (Å²) in [5.74, 6) is 0.0894. The molecule has 0 bridgehead atoms. The van der Waals surface area contributed by atoms with Gasteiger partial charge in [0.15, 0.2) is 0 Å². The van der Waals surface area contributed by atoms with Crippen LogP contribution >= 0.6 is 22.9 Å². The number of methoxy groups -OCH3 is 1. The molecule has 0 atom stereocenters. The Kier molecular flexibility index (Phi) is 3.00. The monoisotopic (exact) mass is 257 g/mol. The molecule has 6 heteroatoms. The number of carbonyl (C=O) groups is 1. The molecule has 0 saturated carbocycles. The standard InChI is InChI=1S/C10H8ClNO3S/c1-15-5-2-3-6-7(4-5)16-9(8(6)11)10(13)12-14/h2-4,14H,1H3,(H,12,13). The van der Waals surface area contributed by atoms with Gasteiger partial charge in [0.1, 0.15) is 10.6 Å². The Morgan fingerprint density at radius 3 is 2.94 bits per heavy atom. The van der Waals surface area contributed by atoms with Crippen molar-refractivity contribution in [2.24, 2.45) is 0 Å². The van der Waals surface area contributed by atoms with Gasteiger partial charge in [-0.15, -0.1) is 11.3 Å². The van der Waals surface area contributed by atoms with Crippen molar-refractivity contribution in [3.63, 3.8) is 0 Å². The second-order valence-corrected chi connectivity index (χ2v) is 4.48. The number of halogens is 1. The van der Waals surface area contributed by atoms with E-state index in [1.54, 1.807) is 30.8 Å². The summed E-state index contributed by atoms with van der Waals surface area (Å²) in [4.78, 5) is 11.6. The Morgan fingerprint density at radius 1 is 1.56 bits per heavy atom. The molecule has 2 aromatic rings. The Labute approximate surface area is 100 Å². The zero-order valence-corrected chi connectivity index (χ0v) is 9.85. The summed E-state index contributed by atoms with van der Waals surface area (Å²) in [6, 6.07) is 5.34. The molecule has 0 spiro atoms. The van der Waals surface area contributed by atoms with Crippen LogP contribution in [0.1, 0.15) is 9.67 Å². The summed E-state index contributed by atoms with van der Waals surface area (Å²) in [7, 11) is 1.57. The Bertz CT molecular complexity index is 552. The maximum Gasteiger partial charge on any atom is 0.286 e. The van der Waals surface area contributed by atoms with Gasteiger partial charge in [0.05, 0.1) is 12.1 Å². The molecule has 1 heterocycles. The maximum absolute atomic E-state index is 11.3. The van der Waals surface area contributed by atoms with Crippen molar-refractivity contribution in [1.82, 2.24) is 5.48 Å². The number of thiophene rings is 1. The molecular weight excluding hydrogens is 250 g/mol. The molecule has 0 aliphatic heterocycles. The van der Waals surface area contributed by atoms with Gasteiger partial charge in [-0.3, -0.25) is 10.0 Å². The summed E-state index contributed by atoms with van der Waals surface area (Å²) in [6.07, 6.45) is 0. The topological polar surface area (TPSA) is 58.6 Å². The zero-order chi connectivity index (χ0) is 11.7. The van der Waals surface area contributed by atoms with Crippen LogP contribution in [-0.4, -0.2) is 18.2 Å². The Hall–Kier alpha value is -1.30. The first-order valence-corrected chi connectivity index (χ1v) is 5.57. The zero-order valence-electron chi connectivity index (χ0n) is 8.28. The highest BCUT2D eigenvalue weighted by atomic mass is 35.5. The van der Waals surface area contributed by atoms with Crippen LogP contribution in [0.5, 0.6) is 5.75 Å². The lowest BCUT2D eigenvalue weighted by Gasteiger charge is -1.97. The van der Waals surface area contributed by atoms with Gasteiger partial charge in [0.2, 0.25) is 0 Å². The lowest BCUT2D eigenvalue weighted by Crippen LogP contribution is -2.17. The van der Waals surface area contributed by atoms with Gasteiger partial charge < -0.3 is 4.74 Å². The predicted molar refractivity (Wildman–Crippen MR) is 62.6 cm³/mol.